The molecule has 0 saturated carbocycles. The summed E-state index contributed by atoms with van der Waals surface area (Å²) in [5, 5.41) is 3.37. The zero-order valence-electron chi connectivity index (χ0n) is 12.6. The van der Waals surface area contributed by atoms with Gasteiger partial charge in [0, 0.05) is 20.1 Å². The molecule has 0 aliphatic heterocycles. The van der Waals surface area contributed by atoms with Crippen molar-refractivity contribution in [2.45, 2.75) is 12.5 Å². The standard InChI is InChI=1S/C18H22N2O/c1-20(2)18(21)14-19-17(16-11-7-4-8-12-16)13-15-9-5-3-6-10-15/h3-12,17,19H,13-14H2,1-2H3. The highest BCUT2D eigenvalue weighted by Gasteiger charge is 2.14. The number of carbonyl (C=O) groups is 1. The summed E-state index contributed by atoms with van der Waals surface area (Å²) in [6, 6.07) is 20.7. The third-order valence-corrected chi connectivity index (χ3v) is 3.48. The minimum Gasteiger partial charge on any atom is -0.348 e. The van der Waals surface area contributed by atoms with Gasteiger partial charge in [-0.3, -0.25) is 4.79 Å². The van der Waals surface area contributed by atoms with E-state index in [-0.39, 0.29) is 11.9 Å². The van der Waals surface area contributed by atoms with Gasteiger partial charge in [-0.1, -0.05) is 60.7 Å². The van der Waals surface area contributed by atoms with Gasteiger partial charge >= 0.3 is 0 Å². The molecule has 2 aromatic rings. The fourth-order valence-corrected chi connectivity index (χ4v) is 2.21. The number of rotatable bonds is 6. The third-order valence-electron chi connectivity index (χ3n) is 3.48. The second kappa shape index (κ2) is 7.60. The van der Waals surface area contributed by atoms with Crippen LogP contribution in [0.3, 0.4) is 0 Å². The average molecular weight is 282 g/mol. The van der Waals surface area contributed by atoms with E-state index in [4.69, 9.17) is 0 Å². The molecule has 1 amide bonds. The lowest BCUT2D eigenvalue weighted by Crippen LogP contribution is -2.35. The smallest absolute Gasteiger partial charge is 0.236 e. The molecular weight excluding hydrogens is 260 g/mol. The van der Waals surface area contributed by atoms with E-state index >= 15 is 0 Å². The number of nitrogens with one attached hydrogen (secondary N) is 1. The van der Waals surface area contributed by atoms with Crippen LogP contribution >= 0.6 is 0 Å². The van der Waals surface area contributed by atoms with Crippen LogP contribution in [0.15, 0.2) is 60.7 Å². The first kappa shape index (κ1) is 15.3. The van der Waals surface area contributed by atoms with Crippen molar-refractivity contribution in [1.82, 2.24) is 10.2 Å². The Bertz CT molecular complexity index is 552. The zero-order chi connectivity index (χ0) is 15.1. The molecule has 3 heteroatoms. The Morgan fingerprint density at radius 2 is 1.57 bits per heavy atom. The summed E-state index contributed by atoms with van der Waals surface area (Å²) in [5.41, 5.74) is 2.46. The maximum Gasteiger partial charge on any atom is 0.236 e. The van der Waals surface area contributed by atoms with Crippen LogP contribution in [0.2, 0.25) is 0 Å². The summed E-state index contributed by atoms with van der Waals surface area (Å²) < 4.78 is 0. The molecule has 0 radical (unpaired) electrons. The molecule has 0 heterocycles. The van der Waals surface area contributed by atoms with Gasteiger partial charge in [-0.2, -0.15) is 0 Å². The molecule has 0 bridgehead atoms. The number of likely N-dealkylation sites (N-methyl/N-ethyl adjacent to an activating group) is 1. The van der Waals surface area contributed by atoms with Gasteiger partial charge in [-0.15, -0.1) is 0 Å². The van der Waals surface area contributed by atoms with Crippen molar-refractivity contribution in [3.05, 3.63) is 71.8 Å². The third kappa shape index (κ3) is 4.72. The van der Waals surface area contributed by atoms with Crippen molar-refractivity contribution in [3.63, 3.8) is 0 Å². The van der Waals surface area contributed by atoms with Gasteiger partial charge in [0.15, 0.2) is 0 Å². The lowest BCUT2D eigenvalue weighted by atomic mass is 9.99. The number of hydrogen-bond acceptors (Lipinski definition) is 2. The van der Waals surface area contributed by atoms with Gasteiger partial charge in [0.2, 0.25) is 5.91 Å². The predicted octanol–water partition coefficient (Wildman–Crippen LogP) is 2.65. The van der Waals surface area contributed by atoms with E-state index in [9.17, 15) is 4.79 Å². The van der Waals surface area contributed by atoms with Crippen molar-refractivity contribution in [1.29, 1.82) is 0 Å². The van der Waals surface area contributed by atoms with Crippen molar-refractivity contribution < 1.29 is 4.79 Å². The molecule has 0 aliphatic carbocycles. The summed E-state index contributed by atoms with van der Waals surface area (Å²) >= 11 is 0. The van der Waals surface area contributed by atoms with Crippen LogP contribution in [-0.4, -0.2) is 31.4 Å². The maximum absolute atomic E-state index is 11.8. The Morgan fingerprint density at radius 1 is 1.00 bits per heavy atom. The molecule has 1 unspecified atom stereocenters. The molecule has 1 N–H and O–H groups in total. The SMILES string of the molecule is CN(C)C(=O)CNC(Cc1ccccc1)c1ccccc1. The van der Waals surface area contributed by atoms with E-state index in [1.54, 1.807) is 19.0 Å². The second-order valence-corrected chi connectivity index (χ2v) is 5.32. The Labute approximate surface area is 126 Å². The van der Waals surface area contributed by atoms with E-state index in [1.165, 1.54) is 11.1 Å². The predicted molar refractivity (Wildman–Crippen MR) is 86.0 cm³/mol. The van der Waals surface area contributed by atoms with Gasteiger partial charge in [0.25, 0.3) is 0 Å². The molecule has 21 heavy (non-hydrogen) atoms. The summed E-state index contributed by atoms with van der Waals surface area (Å²) in [4.78, 5) is 13.4. The normalized spacial score (nSPS) is 11.9. The largest absolute Gasteiger partial charge is 0.348 e. The molecular formula is C18H22N2O. The fourth-order valence-electron chi connectivity index (χ4n) is 2.21. The van der Waals surface area contributed by atoms with E-state index < -0.39 is 0 Å². The van der Waals surface area contributed by atoms with E-state index in [0.29, 0.717) is 6.54 Å². The zero-order valence-corrected chi connectivity index (χ0v) is 12.6. The minimum atomic E-state index is 0.0870. The number of carbonyl (C=O) groups excluding carboxylic acids is 1. The summed E-state index contributed by atoms with van der Waals surface area (Å²) in [6.07, 6.45) is 0.867. The Kier molecular flexibility index (Phi) is 5.52. The van der Waals surface area contributed by atoms with Crippen LogP contribution in [0.1, 0.15) is 17.2 Å². The highest BCUT2D eigenvalue weighted by atomic mass is 16.2. The Morgan fingerprint density at radius 3 is 2.14 bits per heavy atom. The highest BCUT2D eigenvalue weighted by molar-refractivity contribution is 5.77. The lowest BCUT2D eigenvalue weighted by molar-refractivity contribution is -0.127. The molecule has 0 saturated heterocycles. The molecule has 1 atom stereocenters. The van der Waals surface area contributed by atoms with Gasteiger partial charge in [-0.05, 0) is 17.5 Å². The van der Waals surface area contributed by atoms with Gasteiger partial charge in [-0.25, -0.2) is 0 Å². The lowest BCUT2D eigenvalue weighted by Gasteiger charge is -2.20. The molecule has 2 rings (SSSR count). The van der Waals surface area contributed by atoms with Gasteiger partial charge in [0.1, 0.15) is 0 Å². The maximum atomic E-state index is 11.8. The fraction of sp³-hybridized carbons (Fsp3) is 0.278. The van der Waals surface area contributed by atoms with Crippen LogP contribution in [0, 0.1) is 0 Å². The first-order valence-electron chi connectivity index (χ1n) is 7.19. The van der Waals surface area contributed by atoms with Crippen LogP contribution in [0.4, 0.5) is 0 Å². The second-order valence-electron chi connectivity index (χ2n) is 5.32. The molecule has 110 valence electrons. The van der Waals surface area contributed by atoms with E-state index in [2.05, 4.69) is 29.6 Å². The number of nitrogens with zero attached hydrogens (tertiary/aromatic N) is 1. The summed E-state index contributed by atoms with van der Waals surface area (Å²) in [6.45, 7) is 0.347. The topological polar surface area (TPSA) is 32.3 Å². The molecule has 0 spiro atoms. The van der Waals surface area contributed by atoms with Gasteiger partial charge in [0.05, 0.1) is 6.54 Å². The highest BCUT2D eigenvalue weighted by Crippen LogP contribution is 2.18. The monoisotopic (exact) mass is 282 g/mol. The number of hydrogen-bond donors (Lipinski definition) is 1. The summed E-state index contributed by atoms with van der Waals surface area (Å²) in [5.74, 6) is 0.0870. The first-order valence-corrected chi connectivity index (χ1v) is 7.19. The average Bonchev–Trinajstić information content (AvgIpc) is 2.52. The molecule has 2 aromatic carbocycles. The van der Waals surface area contributed by atoms with Crippen molar-refractivity contribution in [2.75, 3.05) is 20.6 Å². The molecule has 0 aromatic heterocycles. The van der Waals surface area contributed by atoms with Crippen molar-refractivity contribution in [3.8, 4) is 0 Å². The number of amides is 1. The van der Waals surface area contributed by atoms with E-state index in [0.717, 1.165) is 6.42 Å². The van der Waals surface area contributed by atoms with E-state index in [1.807, 2.05) is 36.4 Å². The van der Waals surface area contributed by atoms with Crippen LogP contribution in [0.25, 0.3) is 0 Å². The van der Waals surface area contributed by atoms with Gasteiger partial charge < -0.3 is 10.2 Å². The Balaban J connectivity index is 2.09. The quantitative estimate of drug-likeness (QED) is 0.883. The molecule has 0 aliphatic rings. The Hall–Kier alpha value is -2.13. The molecule has 0 fully saturated rings. The van der Waals surface area contributed by atoms with Crippen LogP contribution in [-0.2, 0) is 11.2 Å². The number of benzene rings is 2. The van der Waals surface area contributed by atoms with Crippen molar-refractivity contribution >= 4 is 5.91 Å². The summed E-state index contributed by atoms with van der Waals surface area (Å²) in [7, 11) is 3.55. The first-order chi connectivity index (χ1) is 10.2. The molecule has 3 nitrogen and oxygen atoms in total. The van der Waals surface area contributed by atoms with Crippen LogP contribution < -0.4 is 5.32 Å². The minimum absolute atomic E-state index is 0.0870. The van der Waals surface area contributed by atoms with Crippen molar-refractivity contribution in [2.24, 2.45) is 0 Å². The van der Waals surface area contributed by atoms with Crippen LogP contribution in [0.5, 0.6) is 0 Å².